The number of carboxylic acid groups (broad SMARTS) is 1. The number of carbonyl (C=O) groups is 1. The van der Waals surface area contributed by atoms with Crippen LogP contribution in [-0.4, -0.2) is 35.1 Å². The Kier molecular flexibility index (Phi) is 1.68. The lowest BCUT2D eigenvalue weighted by Gasteiger charge is -2.29. The Hall–Kier alpha value is -0.830. The van der Waals surface area contributed by atoms with E-state index in [0.717, 1.165) is 19.3 Å². The van der Waals surface area contributed by atoms with E-state index < -0.39 is 5.97 Å². The Morgan fingerprint density at radius 1 is 1.67 bits per heavy atom. The Bertz CT molecular complexity index is 247. The smallest absolute Gasteiger partial charge is 0.332 e. The van der Waals surface area contributed by atoms with Gasteiger partial charge in [-0.25, -0.2) is 4.79 Å². The Labute approximate surface area is 71.7 Å². The summed E-state index contributed by atoms with van der Waals surface area (Å²) in [7, 11) is 2.03. The first-order valence-corrected chi connectivity index (χ1v) is 4.35. The number of likely N-dealkylation sites (N-methyl/N-ethyl adjacent to an activating group) is 1. The molecule has 2 bridgehead atoms. The minimum Gasteiger partial charge on any atom is -0.478 e. The molecule has 2 atom stereocenters. The second kappa shape index (κ2) is 2.59. The highest BCUT2D eigenvalue weighted by Crippen LogP contribution is 2.33. The molecule has 0 aromatic heterocycles. The highest BCUT2D eigenvalue weighted by molar-refractivity contribution is 5.88. The minimum atomic E-state index is -0.743. The van der Waals surface area contributed by atoms with Gasteiger partial charge in [0, 0.05) is 12.1 Å². The number of carboxylic acids is 1. The Morgan fingerprint density at radius 2 is 2.42 bits per heavy atom. The van der Waals surface area contributed by atoms with Gasteiger partial charge in [-0.15, -0.1) is 0 Å². The van der Waals surface area contributed by atoms with Crippen LogP contribution in [-0.2, 0) is 4.79 Å². The van der Waals surface area contributed by atoms with Gasteiger partial charge in [0.05, 0.1) is 5.57 Å². The van der Waals surface area contributed by atoms with Crippen LogP contribution in [0.15, 0.2) is 11.6 Å². The largest absolute Gasteiger partial charge is 0.478 e. The maximum Gasteiger partial charge on any atom is 0.332 e. The molecule has 0 unspecified atom stereocenters. The summed E-state index contributed by atoms with van der Waals surface area (Å²) in [4.78, 5) is 13.0. The zero-order chi connectivity index (χ0) is 8.72. The summed E-state index contributed by atoms with van der Waals surface area (Å²) in [6.07, 6.45) is 4.97. The van der Waals surface area contributed by atoms with Gasteiger partial charge in [-0.05, 0) is 26.3 Å². The summed E-state index contributed by atoms with van der Waals surface area (Å²) in [6.45, 7) is 0. The lowest BCUT2D eigenvalue weighted by Crippen LogP contribution is -2.38. The molecule has 0 saturated carbocycles. The number of hydrogen-bond acceptors (Lipinski definition) is 2. The second-order valence-corrected chi connectivity index (χ2v) is 3.61. The van der Waals surface area contributed by atoms with E-state index in [0.29, 0.717) is 11.6 Å². The standard InChI is InChI=1S/C9H13NO2/c1-10-6-2-4-7(9(11)12)8(10)5-3-6/h4,6,8H,2-3,5H2,1H3,(H,11,12)/t6-,8+/m0/s1. The summed E-state index contributed by atoms with van der Waals surface area (Å²) < 4.78 is 0. The molecule has 1 fully saturated rings. The van der Waals surface area contributed by atoms with Crippen molar-refractivity contribution in [1.82, 2.24) is 4.90 Å². The van der Waals surface area contributed by atoms with Gasteiger partial charge < -0.3 is 5.11 Å². The monoisotopic (exact) mass is 167 g/mol. The van der Waals surface area contributed by atoms with Crippen LogP contribution in [0.3, 0.4) is 0 Å². The van der Waals surface area contributed by atoms with Gasteiger partial charge in [0.15, 0.2) is 0 Å². The fraction of sp³-hybridized carbons (Fsp3) is 0.667. The van der Waals surface area contributed by atoms with E-state index >= 15 is 0 Å². The van der Waals surface area contributed by atoms with Crippen molar-refractivity contribution in [1.29, 1.82) is 0 Å². The minimum absolute atomic E-state index is 0.182. The normalized spacial score (nSPS) is 34.9. The first kappa shape index (κ1) is 7.80. The number of fused-ring (bicyclic) bond motifs is 2. The van der Waals surface area contributed by atoms with Crippen LogP contribution >= 0.6 is 0 Å². The van der Waals surface area contributed by atoms with Crippen LogP contribution in [0.4, 0.5) is 0 Å². The fourth-order valence-electron chi connectivity index (χ4n) is 2.30. The molecule has 2 rings (SSSR count). The van der Waals surface area contributed by atoms with Crippen molar-refractivity contribution in [3.8, 4) is 0 Å². The number of rotatable bonds is 1. The van der Waals surface area contributed by atoms with E-state index in [-0.39, 0.29) is 6.04 Å². The second-order valence-electron chi connectivity index (χ2n) is 3.61. The Balaban J connectivity index is 2.27. The number of nitrogens with zero attached hydrogens (tertiary/aromatic N) is 1. The molecule has 2 aliphatic rings. The third kappa shape index (κ3) is 0.966. The zero-order valence-electron chi connectivity index (χ0n) is 7.16. The first-order chi connectivity index (χ1) is 5.70. The lowest BCUT2D eigenvalue weighted by molar-refractivity contribution is -0.133. The molecule has 2 heterocycles. The highest BCUT2D eigenvalue weighted by Gasteiger charge is 2.37. The average Bonchev–Trinajstić information content (AvgIpc) is 2.32. The molecule has 1 N–H and O–H groups in total. The third-order valence-electron chi connectivity index (χ3n) is 3.06. The predicted molar refractivity (Wildman–Crippen MR) is 44.9 cm³/mol. The van der Waals surface area contributed by atoms with E-state index in [2.05, 4.69) is 4.90 Å². The molecule has 3 nitrogen and oxygen atoms in total. The van der Waals surface area contributed by atoms with Crippen LogP contribution in [0.25, 0.3) is 0 Å². The van der Waals surface area contributed by atoms with Gasteiger partial charge in [-0.3, -0.25) is 4.90 Å². The van der Waals surface area contributed by atoms with Crippen LogP contribution in [0.1, 0.15) is 19.3 Å². The summed E-state index contributed by atoms with van der Waals surface area (Å²) in [5.41, 5.74) is 0.603. The summed E-state index contributed by atoms with van der Waals surface area (Å²) >= 11 is 0. The van der Waals surface area contributed by atoms with Gasteiger partial charge >= 0.3 is 5.97 Å². The first-order valence-electron chi connectivity index (χ1n) is 4.35. The molecule has 0 aromatic rings. The quantitative estimate of drug-likeness (QED) is 0.629. The van der Waals surface area contributed by atoms with Crippen molar-refractivity contribution < 1.29 is 9.90 Å². The molecule has 0 aromatic carbocycles. The molecule has 1 saturated heterocycles. The van der Waals surface area contributed by atoms with E-state index in [4.69, 9.17) is 5.11 Å². The molecular weight excluding hydrogens is 154 g/mol. The molecule has 2 aliphatic heterocycles. The van der Waals surface area contributed by atoms with Gasteiger partial charge in [-0.2, -0.15) is 0 Å². The molecule has 0 amide bonds. The summed E-state index contributed by atoms with van der Waals surface area (Å²) in [5, 5.41) is 8.88. The van der Waals surface area contributed by atoms with Crippen molar-refractivity contribution in [2.75, 3.05) is 7.05 Å². The van der Waals surface area contributed by atoms with E-state index in [1.165, 1.54) is 0 Å². The van der Waals surface area contributed by atoms with Gasteiger partial charge in [0.2, 0.25) is 0 Å². The zero-order valence-corrected chi connectivity index (χ0v) is 7.16. The van der Waals surface area contributed by atoms with Crippen molar-refractivity contribution >= 4 is 5.97 Å². The third-order valence-corrected chi connectivity index (χ3v) is 3.06. The molecular formula is C9H13NO2. The lowest BCUT2D eigenvalue weighted by atomic mass is 10.0. The van der Waals surface area contributed by atoms with Crippen LogP contribution in [0.5, 0.6) is 0 Å². The number of hydrogen-bond donors (Lipinski definition) is 1. The van der Waals surface area contributed by atoms with Crippen molar-refractivity contribution in [3.05, 3.63) is 11.6 Å². The van der Waals surface area contributed by atoms with E-state index in [9.17, 15) is 4.79 Å². The van der Waals surface area contributed by atoms with Crippen LogP contribution in [0.2, 0.25) is 0 Å². The van der Waals surface area contributed by atoms with Crippen LogP contribution < -0.4 is 0 Å². The molecule has 12 heavy (non-hydrogen) atoms. The maximum absolute atomic E-state index is 10.8. The SMILES string of the molecule is CN1[C@H]2CC=C(C(=O)O)[C@H]1CC2. The van der Waals surface area contributed by atoms with Crippen molar-refractivity contribution in [3.63, 3.8) is 0 Å². The molecule has 0 radical (unpaired) electrons. The molecule has 0 aliphatic carbocycles. The van der Waals surface area contributed by atoms with Gasteiger partial charge in [0.25, 0.3) is 0 Å². The van der Waals surface area contributed by atoms with E-state index in [1.807, 2.05) is 13.1 Å². The molecule has 66 valence electrons. The summed E-state index contributed by atoms with van der Waals surface area (Å²) in [5.74, 6) is -0.743. The fourth-order valence-corrected chi connectivity index (χ4v) is 2.30. The molecule has 3 heteroatoms. The van der Waals surface area contributed by atoms with Crippen molar-refractivity contribution in [2.24, 2.45) is 0 Å². The van der Waals surface area contributed by atoms with Crippen LogP contribution in [0, 0.1) is 0 Å². The maximum atomic E-state index is 10.8. The van der Waals surface area contributed by atoms with E-state index in [1.54, 1.807) is 0 Å². The van der Waals surface area contributed by atoms with Crippen molar-refractivity contribution in [2.45, 2.75) is 31.3 Å². The number of aliphatic carboxylic acids is 1. The summed E-state index contributed by atoms with van der Waals surface area (Å²) in [6, 6.07) is 0.777. The van der Waals surface area contributed by atoms with Gasteiger partial charge in [-0.1, -0.05) is 6.08 Å². The predicted octanol–water partition coefficient (Wildman–Crippen LogP) is 0.864. The Morgan fingerprint density at radius 3 is 3.08 bits per heavy atom. The topological polar surface area (TPSA) is 40.5 Å². The molecule has 0 spiro atoms. The average molecular weight is 167 g/mol. The van der Waals surface area contributed by atoms with Gasteiger partial charge in [0.1, 0.15) is 0 Å². The highest BCUT2D eigenvalue weighted by atomic mass is 16.4.